The van der Waals surface area contributed by atoms with E-state index in [4.69, 9.17) is 0 Å². The van der Waals surface area contributed by atoms with Crippen LogP contribution in [0.5, 0.6) is 5.75 Å². The number of hydrogen-bond donors (Lipinski definition) is 2. The lowest BCUT2D eigenvalue weighted by Gasteiger charge is -2.29. The van der Waals surface area contributed by atoms with E-state index >= 15 is 0 Å². The van der Waals surface area contributed by atoms with E-state index in [1.807, 2.05) is 18.2 Å². The second kappa shape index (κ2) is 9.48. The molecule has 0 unspecified atom stereocenters. The van der Waals surface area contributed by atoms with Crippen molar-refractivity contribution in [3.05, 3.63) is 42.0 Å². The smallest absolute Gasteiger partial charge is 0.270 e. The van der Waals surface area contributed by atoms with Crippen molar-refractivity contribution in [3.8, 4) is 17.1 Å². The van der Waals surface area contributed by atoms with Crippen molar-refractivity contribution in [2.45, 2.75) is 27.7 Å². The Morgan fingerprint density at radius 3 is 2.46 bits per heavy atom. The van der Waals surface area contributed by atoms with Gasteiger partial charge in [-0.05, 0) is 36.1 Å². The summed E-state index contributed by atoms with van der Waals surface area (Å²) in [4.78, 5) is 24.2. The Morgan fingerprint density at radius 2 is 1.83 bits per heavy atom. The number of hydrogen-bond acceptors (Lipinski definition) is 6. The van der Waals surface area contributed by atoms with Gasteiger partial charge in [-0.25, -0.2) is 14.4 Å². The van der Waals surface area contributed by atoms with E-state index in [0.29, 0.717) is 28.1 Å². The summed E-state index contributed by atoms with van der Waals surface area (Å²) in [6.07, 6.45) is 1.65. The summed E-state index contributed by atoms with van der Waals surface area (Å²) < 4.78 is 16.3. The fourth-order valence-corrected chi connectivity index (χ4v) is 4.30. The number of phenols is 1. The average molecular weight is 479 g/mol. The number of fused-ring (bicyclic) bond motifs is 2. The minimum absolute atomic E-state index is 0.0566. The highest BCUT2D eigenvalue weighted by Gasteiger charge is 2.22. The van der Waals surface area contributed by atoms with Gasteiger partial charge >= 0.3 is 0 Å². The number of aryl methyl sites for hydroxylation is 1. The molecule has 0 aliphatic carbocycles. The van der Waals surface area contributed by atoms with Gasteiger partial charge in [-0.15, -0.1) is 0 Å². The monoisotopic (exact) mass is 478 g/mol. The van der Waals surface area contributed by atoms with Gasteiger partial charge in [0, 0.05) is 49.8 Å². The molecular formula is C26H31FN6O2. The van der Waals surface area contributed by atoms with Gasteiger partial charge in [-0.1, -0.05) is 27.7 Å². The Kier molecular flexibility index (Phi) is 6.60. The first-order valence-electron chi connectivity index (χ1n) is 11.7. The standard InChI is InChI=1S/C26H31FN6O2/c1-14(2)11-33(12-15(3)4)17-7-8-20-18(10-17)23(26(35)28-5)30-25(29-20)19-9-16-13-32(6)31-22(16)21(27)24(19)34/h7-10,13-15,34H,11-12H2,1-6H3,(H,28,35). The fourth-order valence-electron chi connectivity index (χ4n) is 4.30. The molecule has 184 valence electrons. The number of aromatic hydroxyl groups is 1. The van der Waals surface area contributed by atoms with Gasteiger partial charge in [-0.3, -0.25) is 9.48 Å². The second-order valence-corrected chi connectivity index (χ2v) is 9.70. The summed E-state index contributed by atoms with van der Waals surface area (Å²) in [7, 11) is 3.20. The van der Waals surface area contributed by atoms with Crippen LogP contribution in [0.1, 0.15) is 38.2 Å². The van der Waals surface area contributed by atoms with Gasteiger partial charge in [-0.2, -0.15) is 5.10 Å². The van der Waals surface area contributed by atoms with E-state index in [-0.39, 0.29) is 22.6 Å². The quantitative estimate of drug-likeness (QED) is 0.406. The molecule has 0 aliphatic heterocycles. The molecule has 2 heterocycles. The maximum atomic E-state index is 14.9. The molecule has 0 spiro atoms. The highest BCUT2D eigenvalue weighted by molar-refractivity contribution is 6.05. The highest BCUT2D eigenvalue weighted by Crippen LogP contribution is 2.36. The van der Waals surface area contributed by atoms with Crippen LogP contribution in [0.3, 0.4) is 0 Å². The van der Waals surface area contributed by atoms with Crippen LogP contribution in [-0.4, -0.2) is 50.9 Å². The molecule has 0 atom stereocenters. The predicted octanol–water partition coefficient (Wildman–Crippen LogP) is 4.51. The predicted molar refractivity (Wildman–Crippen MR) is 136 cm³/mol. The van der Waals surface area contributed by atoms with Crippen LogP contribution in [0.4, 0.5) is 10.1 Å². The second-order valence-electron chi connectivity index (χ2n) is 9.70. The van der Waals surface area contributed by atoms with E-state index in [9.17, 15) is 14.3 Å². The molecule has 0 fully saturated rings. The molecule has 35 heavy (non-hydrogen) atoms. The summed E-state index contributed by atoms with van der Waals surface area (Å²) in [5.41, 5.74) is 1.82. The first kappa shape index (κ1) is 24.4. The minimum atomic E-state index is -0.850. The molecule has 2 aromatic carbocycles. The third-order valence-corrected chi connectivity index (χ3v) is 5.73. The van der Waals surface area contributed by atoms with Gasteiger partial charge in [0.1, 0.15) is 11.2 Å². The summed E-state index contributed by atoms with van der Waals surface area (Å²) in [5.74, 6) is -0.861. The lowest BCUT2D eigenvalue weighted by molar-refractivity contribution is 0.0960. The third kappa shape index (κ3) is 4.76. The average Bonchev–Trinajstić information content (AvgIpc) is 3.19. The molecule has 9 heteroatoms. The highest BCUT2D eigenvalue weighted by atomic mass is 19.1. The van der Waals surface area contributed by atoms with Crippen LogP contribution in [0.2, 0.25) is 0 Å². The van der Waals surface area contributed by atoms with Crippen molar-refractivity contribution in [3.63, 3.8) is 0 Å². The number of rotatable bonds is 7. The number of aromatic nitrogens is 4. The van der Waals surface area contributed by atoms with E-state index < -0.39 is 17.5 Å². The van der Waals surface area contributed by atoms with E-state index in [2.05, 4.69) is 53.0 Å². The number of amides is 1. The van der Waals surface area contributed by atoms with Crippen molar-refractivity contribution in [2.75, 3.05) is 25.0 Å². The normalized spacial score (nSPS) is 11.7. The molecule has 1 amide bonds. The van der Waals surface area contributed by atoms with Crippen LogP contribution in [-0.2, 0) is 7.05 Å². The molecule has 0 saturated heterocycles. The van der Waals surface area contributed by atoms with E-state index in [0.717, 1.165) is 18.8 Å². The molecular weight excluding hydrogens is 447 g/mol. The third-order valence-electron chi connectivity index (χ3n) is 5.73. The van der Waals surface area contributed by atoms with Gasteiger partial charge in [0.15, 0.2) is 17.4 Å². The van der Waals surface area contributed by atoms with Crippen LogP contribution in [0.15, 0.2) is 30.5 Å². The Balaban J connectivity index is 1.91. The molecule has 4 rings (SSSR count). The Bertz CT molecular complexity index is 1400. The minimum Gasteiger partial charge on any atom is -0.504 e. The lowest BCUT2D eigenvalue weighted by atomic mass is 10.1. The molecule has 4 aromatic rings. The summed E-state index contributed by atoms with van der Waals surface area (Å²) in [6.45, 7) is 10.4. The largest absolute Gasteiger partial charge is 0.504 e. The van der Waals surface area contributed by atoms with Crippen molar-refractivity contribution in [1.82, 2.24) is 25.1 Å². The van der Waals surface area contributed by atoms with Gasteiger partial charge in [0.05, 0.1) is 11.1 Å². The van der Waals surface area contributed by atoms with Crippen molar-refractivity contribution in [1.29, 1.82) is 0 Å². The molecule has 2 aromatic heterocycles. The number of anilines is 1. The van der Waals surface area contributed by atoms with Gasteiger partial charge in [0.25, 0.3) is 5.91 Å². The zero-order valence-electron chi connectivity index (χ0n) is 20.9. The summed E-state index contributed by atoms with van der Waals surface area (Å²) >= 11 is 0. The Hall–Kier alpha value is -3.75. The molecule has 0 aliphatic rings. The number of carbonyl (C=O) groups excluding carboxylic acids is 1. The van der Waals surface area contributed by atoms with E-state index in [1.165, 1.54) is 11.7 Å². The number of nitrogens with zero attached hydrogens (tertiary/aromatic N) is 5. The molecule has 0 saturated carbocycles. The lowest BCUT2D eigenvalue weighted by Crippen LogP contribution is -2.31. The topological polar surface area (TPSA) is 96.2 Å². The zero-order valence-corrected chi connectivity index (χ0v) is 20.9. The number of nitrogens with one attached hydrogen (secondary N) is 1. The van der Waals surface area contributed by atoms with Crippen LogP contribution >= 0.6 is 0 Å². The van der Waals surface area contributed by atoms with Crippen LogP contribution in [0, 0.1) is 17.7 Å². The van der Waals surface area contributed by atoms with Crippen LogP contribution < -0.4 is 10.2 Å². The van der Waals surface area contributed by atoms with Crippen LogP contribution in [0.25, 0.3) is 33.2 Å². The maximum absolute atomic E-state index is 14.9. The number of halogens is 1. The number of benzene rings is 2. The first-order chi connectivity index (χ1) is 16.6. The maximum Gasteiger partial charge on any atom is 0.270 e. The molecule has 8 nitrogen and oxygen atoms in total. The van der Waals surface area contributed by atoms with E-state index in [1.54, 1.807) is 19.3 Å². The van der Waals surface area contributed by atoms with Gasteiger partial charge in [0.2, 0.25) is 0 Å². The summed E-state index contributed by atoms with van der Waals surface area (Å²) in [6, 6.07) is 7.32. The van der Waals surface area contributed by atoms with Gasteiger partial charge < -0.3 is 15.3 Å². The first-order valence-corrected chi connectivity index (χ1v) is 11.7. The number of phenolic OH excluding ortho intramolecular Hbond substituents is 1. The van der Waals surface area contributed by atoms with Crippen molar-refractivity contribution >= 4 is 33.4 Å². The summed E-state index contributed by atoms with van der Waals surface area (Å²) in [5, 5.41) is 18.4. The number of carbonyl (C=O) groups is 1. The molecule has 0 radical (unpaired) electrons. The Labute approximate surface area is 203 Å². The Morgan fingerprint density at radius 1 is 1.14 bits per heavy atom. The zero-order chi connectivity index (χ0) is 25.4. The fraction of sp³-hybridized carbons (Fsp3) is 0.385. The molecule has 2 N–H and O–H groups in total. The molecule has 0 bridgehead atoms. The van der Waals surface area contributed by atoms with Crippen molar-refractivity contribution in [2.24, 2.45) is 18.9 Å². The van der Waals surface area contributed by atoms with Crippen molar-refractivity contribution < 1.29 is 14.3 Å². The SMILES string of the molecule is CNC(=O)c1nc(-c2cc3cn(C)nc3c(F)c2O)nc2ccc(N(CC(C)C)CC(C)C)cc12.